The van der Waals surface area contributed by atoms with Crippen molar-refractivity contribution in [2.45, 2.75) is 32.9 Å². The van der Waals surface area contributed by atoms with E-state index in [0.717, 1.165) is 18.1 Å². The predicted molar refractivity (Wildman–Crippen MR) is 112 cm³/mol. The molecule has 7 heteroatoms. The zero-order valence-electron chi connectivity index (χ0n) is 14.9. The van der Waals surface area contributed by atoms with Gasteiger partial charge in [0.05, 0.1) is 12.7 Å². The molecule has 0 spiro atoms. The number of nitrogens with zero attached hydrogens (tertiary/aromatic N) is 2. The number of aliphatic imine (C=N–C) groups is 1. The number of aromatic nitrogens is 1. The van der Waals surface area contributed by atoms with Crippen LogP contribution in [0, 0.1) is 11.7 Å². The van der Waals surface area contributed by atoms with E-state index < -0.39 is 5.82 Å². The Morgan fingerprint density at radius 2 is 2.19 bits per heavy atom. The van der Waals surface area contributed by atoms with E-state index in [2.05, 4.69) is 27.5 Å². The summed E-state index contributed by atoms with van der Waals surface area (Å²) in [5, 5.41) is 6.60. The topological polar surface area (TPSA) is 58.5 Å². The minimum Gasteiger partial charge on any atom is -0.453 e. The summed E-state index contributed by atoms with van der Waals surface area (Å²) < 4.78 is 19.8. The molecule has 2 unspecified atom stereocenters. The van der Waals surface area contributed by atoms with Crippen LogP contribution >= 0.6 is 24.0 Å². The van der Waals surface area contributed by atoms with Gasteiger partial charge in [-0.1, -0.05) is 13.0 Å². The van der Waals surface area contributed by atoms with Gasteiger partial charge < -0.3 is 15.4 Å². The zero-order chi connectivity index (χ0) is 17.6. The van der Waals surface area contributed by atoms with Gasteiger partial charge in [-0.15, -0.1) is 24.0 Å². The van der Waals surface area contributed by atoms with Crippen LogP contribution in [0.5, 0.6) is 11.5 Å². The van der Waals surface area contributed by atoms with Gasteiger partial charge in [0, 0.05) is 18.8 Å². The molecular formula is C19H24FIN4O. The number of guanidine groups is 1. The molecule has 0 aliphatic heterocycles. The molecule has 0 bridgehead atoms. The normalized spacial score (nSPS) is 18.7. The van der Waals surface area contributed by atoms with Gasteiger partial charge in [-0.2, -0.15) is 0 Å². The lowest BCUT2D eigenvalue weighted by Crippen LogP contribution is -2.39. The van der Waals surface area contributed by atoms with Crippen LogP contribution in [0.25, 0.3) is 0 Å². The first-order chi connectivity index (χ1) is 12.2. The van der Waals surface area contributed by atoms with Crippen LogP contribution in [-0.4, -0.2) is 23.5 Å². The first-order valence-electron chi connectivity index (χ1n) is 8.57. The van der Waals surface area contributed by atoms with Crippen LogP contribution in [-0.2, 0) is 6.54 Å². The van der Waals surface area contributed by atoms with Crippen molar-refractivity contribution >= 4 is 29.9 Å². The van der Waals surface area contributed by atoms with Gasteiger partial charge in [-0.3, -0.25) is 4.98 Å². The Kier molecular flexibility index (Phi) is 7.62. The first kappa shape index (κ1) is 20.4. The van der Waals surface area contributed by atoms with Crippen molar-refractivity contribution in [3.05, 3.63) is 54.1 Å². The Hall–Kier alpha value is -1.90. The second-order valence-electron chi connectivity index (χ2n) is 6.21. The summed E-state index contributed by atoms with van der Waals surface area (Å²) in [4.78, 5) is 8.48. The maximum absolute atomic E-state index is 14.3. The molecule has 1 fully saturated rings. The second-order valence-corrected chi connectivity index (χ2v) is 6.21. The summed E-state index contributed by atoms with van der Waals surface area (Å²) in [6, 6.07) is 8.87. The van der Waals surface area contributed by atoms with Gasteiger partial charge in [-0.25, -0.2) is 9.38 Å². The molecule has 140 valence electrons. The average Bonchev–Trinajstić information content (AvgIpc) is 3.31. The van der Waals surface area contributed by atoms with Crippen molar-refractivity contribution in [1.29, 1.82) is 0 Å². The maximum Gasteiger partial charge on any atom is 0.191 e. The molecule has 3 rings (SSSR count). The molecule has 0 radical (unpaired) electrons. The standard InChI is InChI=1S/C19H23FN4O.HI/c1-3-22-19(24-17-9-13(17)2)23-11-14-6-7-18(16(20)10-14)25-15-5-4-8-21-12-15;/h4-8,10,12-13,17H,3,9,11H2,1-2H3,(H2,22,23,24);1H. The molecule has 1 heterocycles. The number of rotatable bonds is 6. The number of nitrogens with one attached hydrogen (secondary N) is 2. The molecule has 1 aliphatic carbocycles. The quantitative estimate of drug-likeness (QED) is 0.380. The summed E-state index contributed by atoms with van der Waals surface area (Å²) >= 11 is 0. The molecule has 0 saturated heterocycles. The smallest absolute Gasteiger partial charge is 0.191 e. The number of hydrogen-bond donors (Lipinski definition) is 2. The highest BCUT2D eigenvalue weighted by Crippen LogP contribution is 2.29. The van der Waals surface area contributed by atoms with Gasteiger partial charge in [0.25, 0.3) is 0 Å². The molecule has 26 heavy (non-hydrogen) atoms. The van der Waals surface area contributed by atoms with Gasteiger partial charge >= 0.3 is 0 Å². The van der Waals surface area contributed by atoms with Gasteiger partial charge in [-0.05, 0) is 49.1 Å². The minimum absolute atomic E-state index is 0. The fourth-order valence-corrected chi connectivity index (χ4v) is 2.45. The first-order valence-corrected chi connectivity index (χ1v) is 8.57. The molecule has 0 amide bonds. The molecule has 1 aromatic carbocycles. The zero-order valence-corrected chi connectivity index (χ0v) is 17.2. The maximum atomic E-state index is 14.3. The fourth-order valence-electron chi connectivity index (χ4n) is 2.45. The van der Waals surface area contributed by atoms with Crippen LogP contribution in [0.1, 0.15) is 25.8 Å². The summed E-state index contributed by atoms with van der Waals surface area (Å²) in [7, 11) is 0. The number of hydrogen-bond acceptors (Lipinski definition) is 3. The van der Waals surface area contributed by atoms with Crippen molar-refractivity contribution in [3.63, 3.8) is 0 Å². The average molecular weight is 470 g/mol. The Labute approximate surface area is 170 Å². The lowest BCUT2D eigenvalue weighted by Gasteiger charge is -2.11. The van der Waals surface area contributed by atoms with Crippen LogP contribution in [0.15, 0.2) is 47.7 Å². The van der Waals surface area contributed by atoms with Crippen molar-refractivity contribution in [3.8, 4) is 11.5 Å². The van der Waals surface area contributed by atoms with E-state index in [0.29, 0.717) is 24.3 Å². The van der Waals surface area contributed by atoms with E-state index in [4.69, 9.17) is 4.74 Å². The molecule has 5 nitrogen and oxygen atoms in total. The van der Waals surface area contributed by atoms with Crippen molar-refractivity contribution in [1.82, 2.24) is 15.6 Å². The largest absolute Gasteiger partial charge is 0.453 e. The molecular weight excluding hydrogens is 446 g/mol. The van der Waals surface area contributed by atoms with Crippen molar-refractivity contribution in [2.75, 3.05) is 6.54 Å². The van der Waals surface area contributed by atoms with Crippen molar-refractivity contribution < 1.29 is 9.13 Å². The molecule has 2 atom stereocenters. The highest BCUT2D eigenvalue weighted by Gasteiger charge is 2.33. The van der Waals surface area contributed by atoms with Crippen molar-refractivity contribution in [2.24, 2.45) is 10.9 Å². The van der Waals surface area contributed by atoms with E-state index in [9.17, 15) is 4.39 Å². The van der Waals surface area contributed by atoms with Gasteiger partial charge in [0.15, 0.2) is 17.5 Å². The van der Waals surface area contributed by atoms with Gasteiger partial charge in [0.1, 0.15) is 5.75 Å². The predicted octanol–water partition coefficient (Wildman–Crippen LogP) is 4.09. The monoisotopic (exact) mass is 470 g/mol. The lowest BCUT2D eigenvalue weighted by atomic mass is 10.2. The van der Waals surface area contributed by atoms with E-state index in [1.165, 1.54) is 12.5 Å². The summed E-state index contributed by atoms with van der Waals surface area (Å²) in [5.41, 5.74) is 0.789. The number of pyridine rings is 1. The third kappa shape index (κ3) is 5.82. The Morgan fingerprint density at radius 3 is 2.81 bits per heavy atom. The van der Waals surface area contributed by atoms with Gasteiger partial charge in [0.2, 0.25) is 0 Å². The molecule has 1 aromatic heterocycles. The SMILES string of the molecule is CCNC(=NCc1ccc(Oc2cccnc2)c(F)c1)NC1CC1C.I. The summed E-state index contributed by atoms with van der Waals surface area (Å²) in [6.45, 7) is 5.43. The Balaban J connectivity index is 0.00000243. The van der Waals surface area contributed by atoms with E-state index in [-0.39, 0.29) is 29.7 Å². The van der Waals surface area contributed by atoms with Crippen LogP contribution in [0.3, 0.4) is 0 Å². The van der Waals surface area contributed by atoms with Crippen LogP contribution in [0.2, 0.25) is 0 Å². The number of ether oxygens (including phenoxy) is 1. The Morgan fingerprint density at radius 1 is 1.38 bits per heavy atom. The summed E-state index contributed by atoms with van der Waals surface area (Å²) in [6.07, 6.45) is 4.35. The number of benzene rings is 1. The highest BCUT2D eigenvalue weighted by atomic mass is 127. The number of halogens is 2. The lowest BCUT2D eigenvalue weighted by molar-refractivity contribution is 0.440. The molecule has 2 N–H and O–H groups in total. The second kappa shape index (κ2) is 9.70. The molecule has 1 aliphatic rings. The van der Waals surface area contributed by atoms with E-state index in [1.807, 2.05) is 13.0 Å². The van der Waals surface area contributed by atoms with Crippen LogP contribution in [0.4, 0.5) is 4.39 Å². The fraction of sp³-hybridized carbons (Fsp3) is 0.368. The van der Waals surface area contributed by atoms with E-state index in [1.54, 1.807) is 30.6 Å². The van der Waals surface area contributed by atoms with E-state index >= 15 is 0 Å². The minimum atomic E-state index is -0.412. The Bertz CT molecular complexity index is 742. The third-order valence-corrected chi connectivity index (χ3v) is 4.05. The highest BCUT2D eigenvalue weighted by molar-refractivity contribution is 14.0. The third-order valence-electron chi connectivity index (χ3n) is 4.05. The molecule has 2 aromatic rings. The summed E-state index contributed by atoms with van der Waals surface area (Å²) in [5.74, 6) is 1.73. The molecule has 1 saturated carbocycles. The van der Waals surface area contributed by atoms with Crippen LogP contribution < -0.4 is 15.4 Å².